The molecule has 7 heteroatoms. The number of primary amides is 1. The smallest absolute Gasteiger partial charge is 0.240 e. The van der Waals surface area contributed by atoms with E-state index in [0.717, 1.165) is 19.4 Å². The first-order chi connectivity index (χ1) is 7.72. The summed E-state index contributed by atoms with van der Waals surface area (Å²) in [5.74, 6) is 6.01. The number of nitrogens with one attached hydrogen (secondary N) is 1. The molecule has 0 aromatic carbocycles. The molecule has 16 heavy (non-hydrogen) atoms. The van der Waals surface area contributed by atoms with E-state index in [1.807, 2.05) is 4.90 Å². The van der Waals surface area contributed by atoms with Crippen LogP contribution >= 0.6 is 0 Å². The lowest BCUT2D eigenvalue weighted by molar-refractivity contribution is -0.119. The lowest BCUT2D eigenvalue weighted by Gasteiger charge is -2.22. The highest BCUT2D eigenvalue weighted by Crippen LogP contribution is 2.23. The monoisotopic (exact) mass is 222 g/mol. The summed E-state index contributed by atoms with van der Waals surface area (Å²) in [5, 5.41) is 0. The van der Waals surface area contributed by atoms with Gasteiger partial charge in [-0.25, -0.2) is 10.8 Å². The lowest BCUT2D eigenvalue weighted by atomic mass is 10.2. The van der Waals surface area contributed by atoms with Crippen molar-refractivity contribution in [3.8, 4) is 0 Å². The number of nitrogen functional groups attached to an aromatic ring is 1. The first-order valence-electron chi connectivity index (χ1n) is 5.07. The topological polar surface area (TPSA) is 110 Å². The van der Waals surface area contributed by atoms with Gasteiger partial charge in [-0.05, 0) is 12.8 Å². The molecule has 5 N–H and O–H groups in total. The molecule has 1 atom stereocenters. The molecule has 1 fully saturated rings. The van der Waals surface area contributed by atoms with Crippen LogP contribution in [0.4, 0.5) is 11.6 Å². The van der Waals surface area contributed by atoms with E-state index in [1.54, 1.807) is 6.20 Å². The van der Waals surface area contributed by atoms with Gasteiger partial charge in [-0.1, -0.05) is 0 Å². The van der Waals surface area contributed by atoms with E-state index in [4.69, 9.17) is 11.6 Å². The van der Waals surface area contributed by atoms with Gasteiger partial charge in [-0.15, -0.1) is 0 Å². The van der Waals surface area contributed by atoms with Crippen molar-refractivity contribution in [2.45, 2.75) is 18.9 Å². The number of anilines is 2. The molecule has 0 bridgehead atoms. The number of nitrogens with zero attached hydrogens (tertiary/aromatic N) is 3. The summed E-state index contributed by atoms with van der Waals surface area (Å²) in [6, 6.07) is -0.290. The van der Waals surface area contributed by atoms with Crippen LogP contribution in [0.1, 0.15) is 12.8 Å². The Morgan fingerprint density at radius 3 is 3.06 bits per heavy atom. The van der Waals surface area contributed by atoms with E-state index in [1.165, 1.54) is 6.20 Å². The zero-order chi connectivity index (χ0) is 11.5. The number of aromatic nitrogens is 2. The Labute approximate surface area is 92.8 Å². The molecule has 1 amide bonds. The van der Waals surface area contributed by atoms with E-state index < -0.39 is 0 Å². The van der Waals surface area contributed by atoms with Crippen molar-refractivity contribution in [1.82, 2.24) is 9.97 Å². The quantitative estimate of drug-likeness (QED) is 0.457. The summed E-state index contributed by atoms with van der Waals surface area (Å²) in [7, 11) is 0. The van der Waals surface area contributed by atoms with Gasteiger partial charge in [0, 0.05) is 6.54 Å². The highest BCUT2D eigenvalue weighted by atomic mass is 16.1. The summed E-state index contributed by atoms with van der Waals surface area (Å²) in [5.41, 5.74) is 7.75. The number of amides is 1. The third-order valence-corrected chi connectivity index (χ3v) is 2.65. The molecular formula is C9H14N6O. The zero-order valence-corrected chi connectivity index (χ0v) is 8.76. The predicted molar refractivity (Wildman–Crippen MR) is 59.4 cm³/mol. The maximum Gasteiger partial charge on any atom is 0.240 e. The maximum absolute atomic E-state index is 11.2. The molecule has 0 saturated carbocycles. The molecule has 1 unspecified atom stereocenters. The van der Waals surface area contributed by atoms with Gasteiger partial charge in [-0.3, -0.25) is 9.78 Å². The Hall–Kier alpha value is -1.89. The van der Waals surface area contributed by atoms with Gasteiger partial charge in [0.25, 0.3) is 0 Å². The lowest BCUT2D eigenvalue weighted by Crippen LogP contribution is -2.40. The summed E-state index contributed by atoms with van der Waals surface area (Å²) < 4.78 is 0. The summed E-state index contributed by atoms with van der Waals surface area (Å²) >= 11 is 0. The Morgan fingerprint density at radius 2 is 2.38 bits per heavy atom. The van der Waals surface area contributed by atoms with E-state index in [-0.39, 0.29) is 11.9 Å². The molecule has 1 saturated heterocycles. The molecule has 86 valence electrons. The Bertz CT molecular complexity index is 395. The first kappa shape index (κ1) is 10.6. The third kappa shape index (κ3) is 1.89. The van der Waals surface area contributed by atoms with Crippen LogP contribution in [0.15, 0.2) is 12.4 Å². The van der Waals surface area contributed by atoms with Crippen LogP contribution < -0.4 is 21.9 Å². The van der Waals surface area contributed by atoms with Crippen molar-refractivity contribution in [2.24, 2.45) is 11.6 Å². The van der Waals surface area contributed by atoms with Gasteiger partial charge < -0.3 is 16.1 Å². The van der Waals surface area contributed by atoms with Crippen LogP contribution in [-0.2, 0) is 4.79 Å². The van der Waals surface area contributed by atoms with Crippen LogP contribution in [0, 0.1) is 0 Å². The number of nitrogens with two attached hydrogens (primary N) is 2. The second kappa shape index (κ2) is 4.31. The first-order valence-corrected chi connectivity index (χ1v) is 5.07. The predicted octanol–water partition coefficient (Wildman–Crippen LogP) is -0.784. The summed E-state index contributed by atoms with van der Waals surface area (Å²) in [6.07, 6.45) is 4.80. The van der Waals surface area contributed by atoms with E-state index in [0.29, 0.717) is 11.6 Å². The third-order valence-electron chi connectivity index (χ3n) is 2.65. The second-order valence-electron chi connectivity index (χ2n) is 3.66. The number of hydrazine groups is 1. The minimum atomic E-state index is -0.328. The fourth-order valence-corrected chi connectivity index (χ4v) is 1.90. The standard InChI is InChI=1S/C9H14N6O/c10-9(16)6-2-1-3-15(6)8-5-12-4-7(13-8)14-11/h4-6H,1-3,11H2,(H2,10,16)(H,13,14). The van der Waals surface area contributed by atoms with Crippen molar-refractivity contribution in [3.05, 3.63) is 12.4 Å². The van der Waals surface area contributed by atoms with E-state index in [9.17, 15) is 4.79 Å². The highest BCUT2D eigenvalue weighted by Gasteiger charge is 2.30. The molecule has 1 aromatic rings. The molecule has 2 heterocycles. The highest BCUT2D eigenvalue weighted by molar-refractivity contribution is 5.83. The zero-order valence-electron chi connectivity index (χ0n) is 8.76. The molecule has 7 nitrogen and oxygen atoms in total. The summed E-state index contributed by atoms with van der Waals surface area (Å²) in [6.45, 7) is 0.760. The number of hydrogen-bond donors (Lipinski definition) is 3. The van der Waals surface area contributed by atoms with Crippen molar-refractivity contribution in [3.63, 3.8) is 0 Å². The number of carbonyl (C=O) groups excluding carboxylic acids is 1. The van der Waals surface area contributed by atoms with Crippen LogP contribution in [0.3, 0.4) is 0 Å². The minimum Gasteiger partial charge on any atom is -0.368 e. The van der Waals surface area contributed by atoms with Gasteiger partial charge >= 0.3 is 0 Å². The molecular weight excluding hydrogens is 208 g/mol. The fourth-order valence-electron chi connectivity index (χ4n) is 1.90. The van der Waals surface area contributed by atoms with Crippen molar-refractivity contribution in [1.29, 1.82) is 0 Å². The largest absolute Gasteiger partial charge is 0.368 e. The van der Waals surface area contributed by atoms with Crippen molar-refractivity contribution >= 4 is 17.5 Å². The van der Waals surface area contributed by atoms with E-state index in [2.05, 4.69) is 15.4 Å². The van der Waals surface area contributed by atoms with Crippen LogP contribution in [0.5, 0.6) is 0 Å². The van der Waals surface area contributed by atoms with Crippen molar-refractivity contribution in [2.75, 3.05) is 16.9 Å². The molecule has 1 aromatic heterocycles. The number of hydrogen-bond acceptors (Lipinski definition) is 6. The normalized spacial score (nSPS) is 19.8. The SMILES string of the molecule is NNc1cncc(N2CCCC2C(N)=O)n1. The number of rotatable bonds is 3. The van der Waals surface area contributed by atoms with Gasteiger partial charge in [0.1, 0.15) is 11.9 Å². The Kier molecular flexibility index (Phi) is 2.86. The molecule has 1 aliphatic rings. The van der Waals surface area contributed by atoms with Crippen LogP contribution in [0.2, 0.25) is 0 Å². The molecule has 2 rings (SSSR count). The molecule has 0 aliphatic carbocycles. The van der Waals surface area contributed by atoms with Gasteiger partial charge in [-0.2, -0.15) is 0 Å². The van der Waals surface area contributed by atoms with Gasteiger partial charge in [0.15, 0.2) is 5.82 Å². The minimum absolute atomic E-state index is 0.290. The average Bonchev–Trinajstić information content (AvgIpc) is 2.78. The molecule has 0 spiro atoms. The fraction of sp³-hybridized carbons (Fsp3) is 0.444. The average molecular weight is 222 g/mol. The van der Waals surface area contributed by atoms with Crippen molar-refractivity contribution < 1.29 is 4.79 Å². The van der Waals surface area contributed by atoms with Gasteiger partial charge in [0.2, 0.25) is 5.91 Å². The molecule has 1 aliphatic heterocycles. The van der Waals surface area contributed by atoms with Gasteiger partial charge in [0.05, 0.1) is 12.4 Å². The second-order valence-corrected chi connectivity index (χ2v) is 3.66. The molecule has 0 radical (unpaired) electrons. The Balaban J connectivity index is 2.25. The number of carbonyl (C=O) groups is 1. The Morgan fingerprint density at radius 1 is 1.56 bits per heavy atom. The van der Waals surface area contributed by atoms with E-state index >= 15 is 0 Å². The van der Waals surface area contributed by atoms with Crippen LogP contribution in [0.25, 0.3) is 0 Å². The maximum atomic E-state index is 11.2. The van der Waals surface area contributed by atoms with Crippen LogP contribution in [-0.4, -0.2) is 28.5 Å². The summed E-state index contributed by atoms with van der Waals surface area (Å²) in [4.78, 5) is 21.3.